The Balaban J connectivity index is 1.35. The number of rotatable bonds is 12. The summed E-state index contributed by atoms with van der Waals surface area (Å²) < 4.78 is 16.7. The fourth-order valence-electron chi connectivity index (χ4n) is 5.01. The summed E-state index contributed by atoms with van der Waals surface area (Å²) in [7, 11) is 0. The van der Waals surface area contributed by atoms with E-state index in [1.165, 1.54) is 11.1 Å². The van der Waals surface area contributed by atoms with Crippen molar-refractivity contribution >= 4 is 17.9 Å². The predicted octanol–water partition coefficient (Wildman–Crippen LogP) is 4.31. The minimum absolute atomic E-state index is 0.306. The van der Waals surface area contributed by atoms with Crippen LogP contribution in [-0.2, 0) is 40.0 Å². The minimum atomic E-state index is -0.600. The van der Waals surface area contributed by atoms with Crippen LogP contribution in [0.5, 0.6) is 5.75 Å². The van der Waals surface area contributed by atoms with E-state index < -0.39 is 11.6 Å². The number of ether oxygens (including phenoxy) is 3. The average Bonchev–Trinajstić information content (AvgIpc) is 3.38. The van der Waals surface area contributed by atoms with Gasteiger partial charge < -0.3 is 29.7 Å². The van der Waals surface area contributed by atoms with Gasteiger partial charge in [0.1, 0.15) is 23.2 Å². The lowest BCUT2D eigenvalue weighted by Crippen LogP contribution is -2.46. The second-order valence-electron chi connectivity index (χ2n) is 11.4. The van der Waals surface area contributed by atoms with Crippen LogP contribution in [0, 0.1) is 0 Å². The molecule has 40 heavy (non-hydrogen) atoms. The highest BCUT2D eigenvalue weighted by Gasteiger charge is 2.25. The molecule has 0 saturated carbocycles. The number of aryl methyl sites for hydroxylation is 2. The summed E-state index contributed by atoms with van der Waals surface area (Å²) in [6.45, 7) is 10.7. The number of esters is 1. The fraction of sp³-hybridized carbons (Fsp3) is 0.581. The summed E-state index contributed by atoms with van der Waals surface area (Å²) in [5, 5.41) is 6.71. The Labute approximate surface area is 238 Å². The van der Waals surface area contributed by atoms with Crippen molar-refractivity contribution in [2.45, 2.75) is 77.9 Å². The molecule has 1 atom stereocenters. The van der Waals surface area contributed by atoms with E-state index in [1.54, 1.807) is 11.8 Å². The van der Waals surface area contributed by atoms with Crippen LogP contribution in [-0.4, -0.2) is 73.0 Å². The van der Waals surface area contributed by atoms with Crippen molar-refractivity contribution < 1.29 is 23.8 Å². The van der Waals surface area contributed by atoms with Crippen molar-refractivity contribution in [3.8, 4) is 5.75 Å². The first-order valence-corrected chi connectivity index (χ1v) is 14.6. The number of pyridine rings is 1. The molecule has 1 amide bonds. The van der Waals surface area contributed by atoms with E-state index in [2.05, 4.69) is 28.8 Å². The highest BCUT2D eigenvalue weighted by molar-refractivity contribution is 5.76. The molecule has 2 N–H and O–H groups in total. The van der Waals surface area contributed by atoms with Crippen LogP contribution in [0.1, 0.15) is 62.9 Å². The Kier molecular flexibility index (Phi) is 10.3. The third kappa shape index (κ3) is 8.58. The Morgan fingerprint density at radius 3 is 2.77 bits per heavy atom. The van der Waals surface area contributed by atoms with Crippen LogP contribution < -0.4 is 15.4 Å². The third-order valence-corrected chi connectivity index (χ3v) is 7.01. The number of fused-ring (bicyclic) bond motifs is 2. The van der Waals surface area contributed by atoms with Gasteiger partial charge >= 0.3 is 12.1 Å². The Bertz CT molecular complexity index is 1160. The molecule has 1 aromatic heterocycles. The molecule has 1 aromatic carbocycles. The molecule has 0 aliphatic carbocycles. The highest BCUT2D eigenvalue weighted by Crippen LogP contribution is 2.27. The highest BCUT2D eigenvalue weighted by atomic mass is 16.6. The zero-order chi connectivity index (χ0) is 28.5. The number of carbonyl (C=O) groups is 2. The van der Waals surface area contributed by atoms with E-state index in [-0.39, 0.29) is 12.1 Å². The second kappa shape index (κ2) is 13.8. The Morgan fingerprint density at radius 2 is 1.98 bits per heavy atom. The summed E-state index contributed by atoms with van der Waals surface area (Å²) in [6.07, 6.45) is 4.72. The number of carbonyl (C=O) groups excluding carboxylic acids is 2. The maximum atomic E-state index is 13.0. The van der Waals surface area contributed by atoms with Crippen molar-refractivity contribution in [1.82, 2.24) is 15.2 Å². The lowest BCUT2D eigenvalue weighted by atomic mass is 10.0. The molecule has 0 fully saturated rings. The normalized spacial score (nSPS) is 14.8. The quantitative estimate of drug-likeness (QED) is 0.376. The van der Waals surface area contributed by atoms with Crippen LogP contribution in [0.2, 0.25) is 0 Å². The minimum Gasteiger partial charge on any atom is -0.493 e. The summed E-state index contributed by atoms with van der Waals surface area (Å²) in [5.41, 5.74) is 3.87. The van der Waals surface area contributed by atoms with Gasteiger partial charge in [-0.25, -0.2) is 9.78 Å². The Hall–Kier alpha value is -3.33. The van der Waals surface area contributed by atoms with Gasteiger partial charge in [-0.05, 0) is 88.6 Å². The Morgan fingerprint density at radius 1 is 1.15 bits per heavy atom. The molecule has 218 valence electrons. The fourth-order valence-corrected chi connectivity index (χ4v) is 5.01. The zero-order valence-corrected chi connectivity index (χ0v) is 24.4. The van der Waals surface area contributed by atoms with E-state index in [9.17, 15) is 9.59 Å². The maximum absolute atomic E-state index is 13.0. The lowest BCUT2D eigenvalue weighted by molar-refractivity contribution is -0.145. The van der Waals surface area contributed by atoms with E-state index in [1.807, 2.05) is 32.9 Å². The van der Waals surface area contributed by atoms with Gasteiger partial charge in [-0.3, -0.25) is 4.79 Å². The monoisotopic (exact) mass is 552 g/mol. The van der Waals surface area contributed by atoms with Crippen LogP contribution >= 0.6 is 0 Å². The number of nitrogens with one attached hydrogen (secondary N) is 2. The smallest absolute Gasteiger partial charge is 0.410 e. The summed E-state index contributed by atoms with van der Waals surface area (Å²) >= 11 is 0. The molecule has 0 spiro atoms. The average molecular weight is 553 g/mol. The SMILES string of the molecule is CCOC(=O)[C@H](Cc1ccc2c(c1)OCC2)NCCN(CCCc1ccc2c(n1)NCCC2)C(=O)OC(C)(C)C. The molecule has 4 rings (SSSR count). The predicted molar refractivity (Wildman–Crippen MR) is 155 cm³/mol. The van der Waals surface area contributed by atoms with Gasteiger partial charge in [-0.15, -0.1) is 0 Å². The van der Waals surface area contributed by atoms with Crippen LogP contribution in [0.4, 0.5) is 10.6 Å². The lowest BCUT2D eigenvalue weighted by Gasteiger charge is -2.28. The number of amides is 1. The summed E-state index contributed by atoms with van der Waals surface area (Å²) in [4.78, 5) is 32.3. The maximum Gasteiger partial charge on any atom is 0.410 e. The van der Waals surface area contributed by atoms with Crippen LogP contribution in [0.25, 0.3) is 0 Å². The first-order chi connectivity index (χ1) is 19.2. The van der Waals surface area contributed by atoms with Gasteiger partial charge in [0.05, 0.1) is 13.2 Å². The van der Waals surface area contributed by atoms with Crippen molar-refractivity contribution in [3.05, 3.63) is 52.7 Å². The molecule has 9 nitrogen and oxygen atoms in total. The number of hydrogen-bond donors (Lipinski definition) is 2. The molecule has 0 radical (unpaired) electrons. The van der Waals surface area contributed by atoms with Crippen molar-refractivity contribution in [2.24, 2.45) is 0 Å². The van der Waals surface area contributed by atoms with Gasteiger partial charge in [0.2, 0.25) is 0 Å². The number of aromatic nitrogens is 1. The molecule has 2 aromatic rings. The van der Waals surface area contributed by atoms with Crippen LogP contribution in [0.3, 0.4) is 0 Å². The van der Waals surface area contributed by atoms with Gasteiger partial charge in [-0.2, -0.15) is 0 Å². The number of anilines is 1. The number of hydrogen-bond acceptors (Lipinski definition) is 8. The molecule has 0 saturated heterocycles. The first-order valence-electron chi connectivity index (χ1n) is 14.6. The van der Waals surface area contributed by atoms with Crippen molar-refractivity contribution in [3.63, 3.8) is 0 Å². The standard InChI is InChI=1S/C31H44N4O5/c1-5-38-29(36)26(20-22-10-11-23-14-19-39-27(23)21-22)32-16-18-35(30(37)40-31(2,3)4)17-7-9-25-13-12-24-8-6-15-33-28(24)34-25/h10-13,21,26,32H,5-9,14-20H2,1-4H3,(H,33,34)/t26-/m0/s1. The molecule has 0 bridgehead atoms. The van der Waals surface area contributed by atoms with Gasteiger partial charge in [0.25, 0.3) is 0 Å². The van der Waals surface area contributed by atoms with Crippen molar-refractivity contribution in [1.29, 1.82) is 0 Å². The molecule has 2 aliphatic rings. The first kappa shape index (κ1) is 29.6. The summed E-state index contributed by atoms with van der Waals surface area (Å²) in [5.74, 6) is 1.57. The van der Waals surface area contributed by atoms with Crippen molar-refractivity contribution in [2.75, 3.05) is 44.7 Å². The van der Waals surface area contributed by atoms with E-state index in [0.717, 1.165) is 61.5 Å². The number of benzene rings is 1. The molecule has 3 heterocycles. The molecule has 2 aliphatic heterocycles. The zero-order valence-electron chi connectivity index (χ0n) is 24.4. The topological polar surface area (TPSA) is 102 Å². The van der Waals surface area contributed by atoms with Gasteiger partial charge in [-0.1, -0.05) is 18.2 Å². The van der Waals surface area contributed by atoms with E-state index in [4.69, 9.17) is 19.2 Å². The van der Waals surface area contributed by atoms with Gasteiger partial charge in [0.15, 0.2) is 0 Å². The molecule has 9 heteroatoms. The van der Waals surface area contributed by atoms with E-state index >= 15 is 0 Å². The molecule has 0 unspecified atom stereocenters. The van der Waals surface area contributed by atoms with E-state index in [0.29, 0.717) is 39.3 Å². The largest absolute Gasteiger partial charge is 0.493 e. The molecular formula is C31H44N4O5. The molecular weight excluding hydrogens is 508 g/mol. The van der Waals surface area contributed by atoms with Gasteiger partial charge in [0, 0.05) is 38.3 Å². The van der Waals surface area contributed by atoms with Crippen LogP contribution in [0.15, 0.2) is 30.3 Å². The summed E-state index contributed by atoms with van der Waals surface area (Å²) in [6, 6.07) is 9.82. The number of nitrogens with zero attached hydrogens (tertiary/aromatic N) is 2. The third-order valence-electron chi connectivity index (χ3n) is 7.01. The second-order valence-corrected chi connectivity index (χ2v) is 11.4.